The van der Waals surface area contributed by atoms with Crippen molar-refractivity contribution in [2.75, 3.05) is 19.8 Å². The summed E-state index contributed by atoms with van der Waals surface area (Å²) in [6.45, 7) is 5.48. The van der Waals surface area contributed by atoms with E-state index in [-0.39, 0.29) is 24.7 Å². The van der Waals surface area contributed by atoms with Gasteiger partial charge >= 0.3 is 0 Å². The van der Waals surface area contributed by atoms with Crippen molar-refractivity contribution >= 4 is 15.9 Å². The minimum Gasteiger partial charge on any atom is -0.367 e. The van der Waals surface area contributed by atoms with Crippen LogP contribution >= 0.6 is 0 Å². The summed E-state index contributed by atoms with van der Waals surface area (Å²) in [5, 5.41) is 0. The molecule has 0 radical (unpaired) electrons. The van der Waals surface area contributed by atoms with Crippen molar-refractivity contribution in [3.8, 4) is 0 Å². The number of carbonyl (C=O) groups is 1. The minimum atomic E-state index is -3.84. The Balaban J connectivity index is 2.39. The SMILES string of the molecule is C=C1COCC(=O)N(S(=O)(=O)c2ccc(C)cc2)C1. The largest absolute Gasteiger partial charge is 0.367 e. The van der Waals surface area contributed by atoms with E-state index in [1.165, 1.54) is 12.1 Å². The van der Waals surface area contributed by atoms with Crippen LogP contribution in [-0.2, 0) is 19.6 Å². The summed E-state index contributed by atoms with van der Waals surface area (Å²) >= 11 is 0. The van der Waals surface area contributed by atoms with Gasteiger partial charge in [-0.25, -0.2) is 12.7 Å². The quantitative estimate of drug-likeness (QED) is 0.761. The topological polar surface area (TPSA) is 63.7 Å². The molecule has 19 heavy (non-hydrogen) atoms. The monoisotopic (exact) mass is 281 g/mol. The van der Waals surface area contributed by atoms with Gasteiger partial charge in [-0.2, -0.15) is 0 Å². The van der Waals surface area contributed by atoms with Crippen molar-refractivity contribution in [1.82, 2.24) is 4.31 Å². The molecule has 1 amide bonds. The second kappa shape index (κ2) is 5.14. The molecule has 0 aromatic heterocycles. The van der Waals surface area contributed by atoms with Gasteiger partial charge in [0.1, 0.15) is 6.61 Å². The van der Waals surface area contributed by atoms with E-state index in [4.69, 9.17) is 4.74 Å². The lowest BCUT2D eigenvalue weighted by Gasteiger charge is -2.20. The van der Waals surface area contributed by atoms with Crippen LogP contribution in [0.5, 0.6) is 0 Å². The summed E-state index contributed by atoms with van der Waals surface area (Å²) in [5.41, 5.74) is 1.51. The Hall–Kier alpha value is -1.66. The Morgan fingerprint density at radius 1 is 1.21 bits per heavy atom. The van der Waals surface area contributed by atoms with Gasteiger partial charge in [0.15, 0.2) is 0 Å². The number of hydrogen-bond acceptors (Lipinski definition) is 4. The predicted octanol–water partition coefficient (Wildman–Crippen LogP) is 1.10. The van der Waals surface area contributed by atoms with Gasteiger partial charge in [0.2, 0.25) is 0 Å². The molecule has 1 aromatic rings. The summed E-state index contributed by atoms with van der Waals surface area (Å²) in [4.78, 5) is 11.9. The lowest BCUT2D eigenvalue weighted by molar-refractivity contribution is -0.129. The van der Waals surface area contributed by atoms with E-state index in [0.29, 0.717) is 5.57 Å². The number of ether oxygens (including phenoxy) is 1. The highest BCUT2D eigenvalue weighted by molar-refractivity contribution is 7.89. The van der Waals surface area contributed by atoms with E-state index >= 15 is 0 Å². The molecule has 0 saturated carbocycles. The van der Waals surface area contributed by atoms with Gasteiger partial charge in [-0.1, -0.05) is 24.3 Å². The van der Waals surface area contributed by atoms with E-state index in [1.54, 1.807) is 12.1 Å². The van der Waals surface area contributed by atoms with Crippen molar-refractivity contribution in [3.63, 3.8) is 0 Å². The molecule has 2 rings (SSSR count). The lowest BCUT2D eigenvalue weighted by Crippen LogP contribution is -2.38. The molecule has 1 fully saturated rings. The maximum atomic E-state index is 12.4. The van der Waals surface area contributed by atoms with Crippen molar-refractivity contribution in [2.24, 2.45) is 0 Å². The lowest BCUT2D eigenvalue weighted by atomic mass is 10.2. The molecule has 1 aromatic carbocycles. The van der Waals surface area contributed by atoms with Gasteiger partial charge in [-0.15, -0.1) is 0 Å². The molecule has 0 aliphatic carbocycles. The number of benzene rings is 1. The first-order valence-corrected chi connectivity index (χ1v) is 7.22. The summed E-state index contributed by atoms with van der Waals surface area (Å²) in [6, 6.07) is 6.37. The van der Waals surface area contributed by atoms with Gasteiger partial charge in [0.05, 0.1) is 18.0 Å². The van der Waals surface area contributed by atoms with Gasteiger partial charge in [0, 0.05) is 0 Å². The number of amides is 1. The molecular weight excluding hydrogens is 266 g/mol. The maximum Gasteiger partial charge on any atom is 0.266 e. The fourth-order valence-electron chi connectivity index (χ4n) is 1.75. The van der Waals surface area contributed by atoms with Crippen molar-refractivity contribution in [1.29, 1.82) is 0 Å². The Bertz CT molecular complexity index is 604. The van der Waals surface area contributed by atoms with Crippen LogP contribution in [0.1, 0.15) is 5.56 Å². The second-order valence-electron chi connectivity index (χ2n) is 4.46. The third-order valence-corrected chi connectivity index (χ3v) is 4.57. The van der Waals surface area contributed by atoms with Crippen LogP contribution in [0, 0.1) is 6.92 Å². The zero-order valence-corrected chi connectivity index (χ0v) is 11.4. The number of sulfonamides is 1. The van der Waals surface area contributed by atoms with E-state index in [9.17, 15) is 13.2 Å². The van der Waals surface area contributed by atoms with Gasteiger partial charge in [-0.05, 0) is 24.6 Å². The molecule has 6 heteroatoms. The molecule has 1 saturated heterocycles. The first-order valence-electron chi connectivity index (χ1n) is 5.78. The van der Waals surface area contributed by atoms with Crippen LogP contribution in [0.25, 0.3) is 0 Å². The molecule has 1 heterocycles. The standard InChI is InChI=1S/C13H15NO4S/c1-10-3-5-12(6-4-10)19(16,17)14-7-11(2)8-18-9-13(14)15/h3-6H,2,7-9H2,1H3. The van der Waals surface area contributed by atoms with Crippen LogP contribution in [0.3, 0.4) is 0 Å². The van der Waals surface area contributed by atoms with E-state index < -0.39 is 15.9 Å². The first-order chi connectivity index (χ1) is 8.91. The van der Waals surface area contributed by atoms with Crippen LogP contribution < -0.4 is 0 Å². The number of nitrogens with zero attached hydrogens (tertiary/aromatic N) is 1. The Kier molecular flexibility index (Phi) is 3.73. The first kappa shape index (κ1) is 13.8. The number of carbonyl (C=O) groups excluding carboxylic acids is 1. The highest BCUT2D eigenvalue weighted by atomic mass is 32.2. The van der Waals surface area contributed by atoms with E-state index in [1.807, 2.05) is 6.92 Å². The molecule has 0 N–H and O–H groups in total. The number of rotatable bonds is 2. The smallest absolute Gasteiger partial charge is 0.266 e. The number of hydrogen-bond donors (Lipinski definition) is 0. The van der Waals surface area contributed by atoms with Crippen LogP contribution in [-0.4, -0.2) is 38.4 Å². The molecule has 0 bridgehead atoms. The number of aryl methyl sites for hydroxylation is 1. The average Bonchev–Trinajstić information content (AvgIpc) is 2.52. The Morgan fingerprint density at radius 2 is 1.84 bits per heavy atom. The normalized spacial score (nSPS) is 17.4. The predicted molar refractivity (Wildman–Crippen MR) is 70.0 cm³/mol. The Labute approximate surface area is 112 Å². The molecule has 1 aliphatic heterocycles. The molecule has 0 spiro atoms. The summed E-state index contributed by atoms with van der Waals surface area (Å²) in [5.74, 6) is -0.570. The molecule has 102 valence electrons. The fraction of sp³-hybridized carbons (Fsp3) is 0.308. The maximum absolute atomic E-state index is 12.4. The van der Waals surface area contributed by atoms with Gasteiger partial charge < -0.3 is 4.74 Å². The molecule has 5 nitrogen and oxygen atoms in total. The highest BCUT2D eigenvalue weighted by Crippen LogP contribution is 2.19. The summed E-state index contributed by atoms with van der Waals surface area (Å²) < 4.78 is 30.7. The molecule has 1 aliphatic rings. The van der Waals surface area contributed by atoms with E-state index in [2.05, 4.69) is 6.58 Å². The fourth-order valence-corrected chi connectivity index (χ4v) is 3.16. The average molecular weight is 281 g/mol. The second-order valence-corrected chi connectivity index (χ2v) is 6.32. The van der Waals surface area contributed by atoms with Crippen molar-refractivity contribution in [2.45, 2.75) is 11.8 Å². The van der Waals surface area contributed by atoms with Gasteiger partial charge in [0.25, 0.3) is 15.9 Å². The van der Waals surface area contributed by atoms with Crippen molar-refractivity contribution < 1.29 is 17.9 Å². The summed E-state index contributed by atoms with van der Waals surface area (Å²) in [7, 11) is -3.84. The third kappa shape index (κ3) is 2.85. The zero-order chi connectivity index (χ0) is 14.0. The zero-order valence-electron chi connectivity index (χ0n) is 10.6. The Morgan fingerprint density at radius 3 is 2.47 bits per heavy atom. The molecular formula is C13H15NO4S. The van der Waals surface area contributed by atoms with Crippen LogP contribution in [0.4, 0.5) is 0 Å². The molecule has 0 unspecified atom stereocenters. The van der Waals surface area contributed by atoms with E-state index in [0.717, 1.165) is 9.87 Å². The van der Waals surface area contributed by atoms with Crippen molar-refractivity contribution in [3.05, 3.63) is 42.0 Å². The molecule has 0 atom stereocenters. The van der Waals surface area contributed by atoms with Crippen LogP contribution in [0.15, 0.2) is 41.3 Å². The van der Waals surface area contributed by atoms with Crippen LogP contribution in [0.2, 0.25) is 0 Å². The highest BCUT2D eigenvalue weighted by Gasteiger charge is 2.31. The minimum absolute atomic E-state index is 0.0327. The summed E-state index contributed by atoms with van der Waals surface area (Å²) in [6.07, 6.45) is 0. The van der Waals surface area contributed by atoms with Gasteiger partial charge in [-0.3, -0.25) is 4.79 Å². The third-order valence-electron chi connectivity index (χ3n) is 2.79.